The molecule has 0 spiro atoms. The molecule has 14 rings (SSSR count). The van der Waals surface area contributed by atoms with E-state index in [1.54, 1.807) is 69.8 Å². The van der Waals surface area contributed by atoms with E-state index in [1.165, 1.54) is 11.6 Å². The van der Waals surface area contributed by atoms with Crippen LogP contribution in [0, 0.1) is 82.5 Å². The maximum absolute atomic E-state index is 13.0. The molecule has 7 aromatic carbocycles. The molecule has 0 fully saturated rings. The number of Topliss-reactive ketones (excluding diaryl/α,β-unsaturated/α-hetero) is 2. The molecule has 0 bridgehead atoms. The summed E-state index contributed by atoms with van der Waals surface area (Å²) in [7, 11) is 0. The van der Waals surface area contributed by atoms with Crippen molar-refractivity contribution in [3.05, 3.63) is 318 Å². The summed E-state index contributed by atoms with van der Waals surface area (Å²) in [6, 6.07) is 48.7. The Morgan fingerprint density at radius 1 is 0.468 bits per heavy atom. The number of hydrogen-bond donors (Lipinski definition) is 3. The zero-order chi connectivity index (χ0) is 80.6. The van der Waals surface area contributed by atoms with Gasteiger partial charge in [-0.1, -0.05) is 169 Å². The van der Waals surface area contributed by atoms with Gasteiger partial charge in [-0.05, 0) is 150 Å². The molecule has 568 valence electrons. The van der Waals surface area contributed by atoms with Crippen molar-refractivity contribution >= 4 is 96.3 Å². The number of nitrogen functional groups attached to an aromatic ring is 2. The first-order chi connectivity index (χ1) is 53.0. The molecule has 26 heteroatoms. The number of rotatable bonds is 15. The standard InChI is InChI=1S/C24H24N4O.C14H12N4O2.C14H14N4.C10H11ClO.C9H8BrNO3.C9H10O.C5H7N3/c1-4-20(18-8-6-5-7-9-18)23(29)26-21-12-19(11-10-17(21)3)22-15-28-14-16(2)13-25-24(28)27-22;1-9-6-15-14-16-12(8-17(14)7-9)11-4-3-10(2)13(5-11)18(19)20;1-9-6-16-14-17-13(8-18(14)7-9)11-4-3-10(2)12(15)5-11;1-2-9(10(11)12)8-6-4-3-5-7-8;1-6-2-3-7(9(12)5-10)4-8(6)11(13)14;1-7-3-5-9(6-4-7)8(2)10;1-4-2-7-5(6)8-3-4/h5-15,20H,4H2,1-3H3,(H,26,29);3-8H,1-2H3;3-8H,15H2,1-2H3;3-7,9H,2H2,1H3;2-4H,5H2,1H3;3-6H,1-2H3;2-3H,1H3,(H2,6,7,8). The molecule has 0 saturated carbocycles. The van der Waals surface area contributed by atoms with Crippen LogP contribution in [0.1, 0.15) is 127 Å². The molecule has 111 heavy (non-hydrogen) atoms. The number of benzene rings is 7. The van der Waals surface area contributed by atoms with Gasteiger partial charge in [-0.3, -0.25) is 52.6 Å². The normalized spacial score (nSPS) is 11.0. The number of aromatic nitrogens is 11. The maximum Gasteiger partial charge on any atom is 0.273 e. The summed E-state index contributed by atoms with van der Waals surface area (Å²) < 4.78 is 5.67. The van der Waals surface area contributed by atoms with Crippen molar-refractivity contribution in [1.29, 1.82) is 0 Å². The van der Waals surface area contributed by atoms with Crippen LogP contribution < -0.4 is 16.8 Å². The van der Waals surface area contributed by atoms with Crippen LogP contribution in [0.5, 0.6) is 0 Å². The minimum Gasteiger partial charge on any atom is -0.398 e. The molecule has 7 aromatic heterocycles. The summed E-state index contributed by atoms with van der Waals surface area (Å²) >= 11 is 8.45. The summed E-state index contributed by atoms with van der Waals surface area (Å²) in [5, 5.41) is 24.6. The number of imidazole rings is 3. The van der Waals surface area contributed by atoms with Crippen molar-refractivity contribution in [2.45, 2.75) is 108 Å². The summed E-state index contributed by atoms with van der Waals surface area (Å²) in [5.41, 5.74) is 29.8. The molecule has 0 aliphatic heterocycles. The molecular formula is C85H86BrClN16O8. The van der Waals surface area contributed by atoms with Crippen molar-refractivity contribution < 1.29 is 29.0 Å². The zero-order valence-electron chi connectivity index (χ0n) is 63.6. The number of carbonyl (C=O) groups is 4. The number of nitrogens with two attached hydrogens (primary N) is 2. The highest BCUT2D eigenvalue weighted by atomic mass is 79.9. The minimum absolute atomic E-state index is 0.00578. The fourth-order valence-corrected chi connectivity index (χ4v) is 11.6. The number of aryl methyl sites for hydroxylation is 9. The second kappa shape index (κ2) is 39.8. The molecule has 0 radical (unpaired) electrons. The monoisotopic (exact) mass is 1570 g/mol. The van der Waals surface area contributed by atoms with E-state index in [1.807, 2.05) is 246 Å². The topological polar surface area (TPSA) is 335 Å². The number of hydrogen-bond acceptors (Lipinski definition) is 18. The van der Waals surface area contributed by atoms with Gasteiger partial charge in [0, 0.05) is 131 Å². The van der Waals surface area contributed by atoms with E-state index in [0.29, 0.717) is 51.2 Å². The highest BCUT2D eigenvalue weighted by molar-refractivity contribution is 9.09. The molecule has 1 amide bonds. The molecule has 5 N–H and O–H groups in total. The molecule has 2 unspecified atom stereocenters. The Morgan fingerprint density at radius 3 is 1.28 bits per heavy atom. The van der Waals surface area contributed by atoms with Crippen LogP contribution in [0.4, 0.5) is 28.7 Å². The number of fused-ring (bicyclic) bond motifs is 3. The second-order valence-electron chi connectivity index (χ2n) is 26.1. The first-order valence-corrected chi connectivity index (χ1v) is 36.8. The summed E-state index contributed by atoms with van der Waals surface area (Å²) in [4.78, 5) is 100. The van der Waals surface area contributed by atoms with Gasteiger partial charge in [0.2, 0.25) is 34.4 Å². The van der Waals surface area contributed by atoms with Crippen LogP contribution in [-0.2, 0) is 9.59 Å². The Labute approximate surface area is 656 Å². The summed E-state index contributed by atoms with van der Waals surface area (Å²) in [6.45, 7) is 22.8. The number of nitrogens with zero attached hydrogens (tertiary/aromatic N) is 13. The van der Waals surface area contributed by atoms with Crippen molar-refractivity contribution in [2.24, 2.45) is 0 Å². The molecular weight excluding hydrogens is 1490 g/mol. The highest BCUT2D eigenvalue weighted by Gasteiger charge is 2.21. The summed E-state index contributed by atoms with van der Waals surface area (Å²) in [6.07, 6.45) is 21.9. The van der Waals surface area contributed by atoms with Gasteiger partial charge in [0.05, 0.1) is 44.1 Å². The highest BCUT2D eigenvalue weighted by Crippen LogP contribution is 2.31. The van der Waals surface area contributed by atoms with Gasteiger partial charge in [0.15, 0.2) is 11.6 Å². The largest absolute Gasteiger partial charge is 0.398 e. The van der Waals surface area contributed by atoms with E-state index in [4.69, 9.17) is 23.1 Å². The van der Waals surface area contributed by atoms with Gasteiger partial charge in [-0.15, -0.1) is 0 Å². The van der Waals surface area contributed by atoms with E-state index < -0.39 is 4.92 Å². The Kier molecular flexibility index (Phi) is 30.1. The number of carbonyl (C=O) groups excluding carboxylic acids is 4. The number of nitro benzene ring substituents is 2. The van der Waals surface area contributed by atoms with Gasteiger partial charge in [0.1, 0.15) is 0 Å². The zero-order valence-corrected chi connectivity index (χ0v) is 66.0. The Morgan fingerprint density at radius 2 is 0.865 bits per heavy atom. The predicted octanol–water partition coefficient (Wildman–Crippen LogP) is 18.7. The predicted molar refractivity (Wildman–Crippen MR) is 442 cm³/mol. The van der Waals surface area contributed by atoms with Crippen LogP contribution in [0.25, 0.3) is 51.1 Å². The lowest BCUT2D eigenvalue weighted by Crippen LogP contribution is -2.21. The van der Waals surface area contributed by atoms with Crippen molar-refractivity contribution in [3.63, 3.8) is 0 Å². The average molecular weight is 1580 g/mol. The lowest BCUT2D eigenvalue weighted by atomic mass is 9.95. The third kappa shape index (κ3) is 23.8. The first kappa shape index (κ1) is 83.8. The van der Waals surface area contributed by atoms with Crippen LogP contribution in [0.15, 0.2) is 226 Å². The van der Waals surface area contributed by atoms with Crippen LogP contribution in [-0.4, -0.2) is 91.0 Å². The minimum atomic E-state index is -0.486. The fraction of sp³-hybridized carbons (Fsp3) is 0.200. The van der Waals surface area contributed by atoms with Crippen molar-refractivity contribution in [2.75, 3.05) is 22.1 Å². The van der Waals surface area contributed by atoms with Gasteiger partial charge in [-0.25, -0.2) is 39.9 Å². The number of amides is 1. The first-order valence-electron chi connectivity index (χ1n) is 35.3. The van der Waals surface area contributed by atoms with Gasteiger partial charge in [0.25, 0.3) is 11.4 Å². The van der Waals surface area contributed by atoms with Gasteiger partial charge in [-0.2, -0.15) is 0 Å². The number of ketones is 2. The quantitative estimate of drug-likeness (QED) is 0.0214. The van der Waals surface area contributed by atoms with Gasteiger partial charge < -0.3 is 16.8 Å². The van der Waals surface area contributed by atoms with Crippen molar-refractivity contribution in [1.82, 2.24) is 53.1 Å². The third-order valence-corrected chi connectivity index (χ3v) is 18.1. The molecule has 0 saturated heterocycles. The molecule has 2 atom stereocenters. The maximum atomic E-state index is 13.0. The van der Waals surface area contributed by atoms with E-state index in [9.17, 15) is 39.4 Å². The Hall–Kier alpha value is -12.9. The molecule has 0 aliphatic carbocycles. The van der Waals surface area contributed by atoms with E-state index in [-0.39, 0.29) is 56.2 Å². The van der Waals surface area contributed by atoms with E-state index >= 15 is 0 Å². The molecule has 24 nitrogen and oxygen atoms in total. The number of nitrogens with one attached hydrogen (secondary N) is 1. The lowest BCUT2D eigenvalue weighted by molar-refractivity contribution is -0.385. The Balaban J connectivity index is 0.000000169. The molecule has 0 aliphatic rings. The fourth-order valence-electron chi connectivity index (χ4n) is 11.0. The number of halogens is 2. The third-order valence-electron chi connectivity index (χ3n) is 17.3. The molecule has 7 heterocycles. The van der Waals surface area contributed by atoms with Crippen molar-refractivity contribution in [3.8, 4) is 33.8 Å². The number of nitro groups is 2. The smallest absolute Gasteiger partial charge is 0.273 e. The van der Waals surface area contributed by atoms with E-state index in [2.05, 4.69) is 61.1 Å². The lowest BCUT2D eigenvalue weighted by Gasteiger charge is -2.17. The second-order valence-corrected chi connectivity index (χ2v) is 27.1. The van der Waals surface area contributed by atoms with Crippen LogP contribution in [0.3, 0.4) is 0 Å². The average Bonchev–Trinajstić information content (AvgIpc) is 1.69. The van der Waals surface area contributed by atoms with E-state index in [0.717, 1.165) is 96.8 Å². The van der Waals surface area contributed by atoms with Crippen LogP contribution in [0.2, 0.25) is 0 Å². The summed E-state index contributed by atoms with van der Waals surface area (Å²) in [5.74, 6) is 1.92. The number of anilines is 3. The number of alkyl halides is 1. The SMILES string of the molecule is CC(=O)c1ccc(C)cc1.CCC(C(=O)Cl)c1ccccc1.CCC(C(=O)Nc1cc(-c2cn3cc(C)cnc3n2)ccc1C)c1ccccc1.Cc1ccc(C(=O)CBr)cc1[N+](=O)[O-].Cc1cnc(N)nc1.Cc1cnc2nc(-c3ccc(C)c(N)c3)cn2c1.Cc1cnc2nc(-c3ccc(C)c([N+](=O)[O-])c3)cn2c1. The van der Waals surface area contributed by atoms with Crippen LogP contribution >= 0.6 is 27.5 Å². The van der Waals surface area contributed by atoms with Gasteiger partial charge >= 0.3 is 0 Å². The molecule has 14 aromatic rings. The Bertz CT molecular complexity index is 5560.